The Labute approximate surface area is 126 Å². The predicted molar refractivity (Wildman–Crippen MR) is 82.1 cm³/mol. The van der Waals surface area contributed by atoms with E-state index >= 15 is 0 Å². The molecule has 3 rings (SSSR count). The lowest BCUT2D eigenvalue weighted by Crippen LogP contribution is -2.26. The fraction of sp³-hybridized carbons (Fsp3) is 0.312. The maximum Gasteiger partial charge on any atom is 0.161 e. The van der Waals surface area contributed by atoms with E-state index in [-0.39, 0.29) is 5.78 Å². The fourth-order valence-electron chi connectivity index (χ4n) is 2.41. The SMILES string of the molecule is CC(=O)c1ccc(Br)cc1N(Cc1ccco1)C1CC1. The zero-order valence-electron chi connectivity index (χ0n) is 11.3. The molecular formula is C16H16BrNO2. The van der Waals surface area contributed by atoms with Crippen LogP contribution in [0.2, 0.25) is 0 Å². The first kappa shape index (κ1) is 13.4. The van der Waals surface area contributed by atoms with Gasteiger partial charge in [-0.15, -0.1) is 0 Å². The van der Waals surface area contributed by atoms with Gasteiger partial charge in [-0.3, -0.25) is 4.79 Å². The van der Waals surface area contributed by atoms with Gasteiger partial charge >= 0.3 is 0 Å². The van der Waals surface area contributed by atoms with Gasteiger partial charge in [0.25, 0.3) is 0 Å². The van der Waals surface area contributed by atoms with Crippen molar-refractivity contribution in [2.75, 3.05) is 4.90 Å². The monoisotopic (exact) mass is 333 g/mol. The van der Waals surface area contributed by atoms with Crippen molar-refractivity contribution in [2.45, 2.75) is 32.4 Å². The van der Waals surface area contributed by atoms with Crippen LogP contribution < -0.4 is 4.90 Å². The number of furan rings is 1. The van der Waals surface area contributed by atoms with Crippen LogP contribution in [0, 0.1) is 0 Å². The number of benzene rings is 1. The normalized spacial score (nSPS) is 14.3. The third kappa shape index (κ3) is 2.80. The molecule has 4 heteroatoms. The molecule has 104 valence electrons. The van der Waals surface area contributed by atoms with Gasteiger partial charge < -0.3 is 9.32 Å². The van der Waals surface area contributed by atoms with E-state index in [4.69, 9.17) is 4.42 Å². The maximum atomic E-state index is 11.9. The Balaban J connectivity index is 1.98. The largest absolute Gasteiger partial charge is 0.467 e. The number of ketones is 1. The maximum absolute atomic E-state index is 11.9. The zero-order chi connectivity index (χ0) is 14.1. The molecule has 0 spiro atoms. The van der Waals surface area contributed by atoms with E-state index in [2.05, 4.69) is 20.8 Å². The standard InChI is InChI=1S/C16H16BrNO2/c1-11(19)15-7-4-12(17)9-16(15)18(13-5-6-13)10-14-3-2-8-20-14/h2-4,7-9,13H,5-6,10H2,1H3. The van der Waals surface area contributed by atoms with Gasteiger partial charge in [0, 0.05) is 21.8 Å². The van der Waals surface area contributed by atoms with Gasteiger partial charge in [0.15, 0.2) is 5.78 Å². The second-order valence-corrected chi connectivity index (χ2v) is 6.07. The number of hydrogen-bond donors (Lipinski definition) is 0. The Morgan fingerprint density at radius 1 is 1.40 bits per heavy atom. The number of Topliss-reactive ketones (excluding diaryl/α,β-unsaturated/α-hetero) is 1. The highest BCUT2D eigenvalue weighted by Crippen LogP contribution is 2.36. The zero-order valence-corrected chi connectivity index (χ0v) is 12.9. The molecule has 1 saturated carbocycles. The van der Waals surface area contributed by atoms with Crippen LogP contribution in [0.1, 0.15) is 35.9 Å². The first-order chi connectivity index (χ1) is 9.65. The second-order valence-electron chi connectivity index (χ2n) is 5.16. The van der Waals surface area contributed by atoms with E-state index in [0.717, 1.165) is 21.5 Å². The molecule has 0 radical (unpaired) electrons. The average molecular weight is 334 g/mol. The van der Waals surface area contributed by atoms with Crippen LogP contribution in [0.5, 0.6) is 0 Å². The Morgan fingerprint density at radius 3 is 2.80 bits per heavy atom. The summed E-state index contributed by atoms with van der Waals surface area (Å²) in [5.41, 5.74) is 1.76. The molecule has 1 fully saturated rings. The number of carbonyl (C=O) groups is 1. The lowest BCUT2D eigenvalue weighted by Gasteiger charge is -2.26. The van der Waals surface area contributed by atoms with E-state index in [0.29, 0.717) is 12.6 Å². The number of halogens is 1. The molecule has 0 unspecified atom stereocenters. The molecule has 0 bridgehead atoms. The van der Waals surface area contributed by atoms with E-state index in [9.17, 15) is 4.79 Å². The molecular weight excluding hydrogens is 318 g/mol. The highest BCUT2D eigenvalue weighted by atomic mass is 79.9. The van der Waals surface area contributed by atoms with Crippen LogP contribution in [-0.2, 0) is 6.54 Å². The summed E-state index contributed by atoms with van der Waals surface area (Å²) in [4.78, 5) is 14.1. The molecule has 20 heavy (non-hydrogen) atoms. The van der Waals surface area contributed by atoms with Gasteiger partial charge in [-0.25, -0.2) is 0 Å². The summed E-state index contributed by atoms with van der Waals surface area (Å²) < 4.78 is 6.44. The minimum absolute atomic E-state index is 0.0950. The third-order valence-corrected chi connectivity index (χ3v) is 4.04. The lowest BCUT2D eigenvalue weighted by molar-refractivity contribution is 0.101. The minimum Gasteiger partial charge on any atom is -0.467 e. The summed E-state index contributed by atoms with van der Waals surface area (Å²) in [5.74, 6) is 1.02. The minimum atomic E-state index is 0.0950. The number of rotatable bonds is 5. The van der Waals surface area contributed by atoms with Crippen molar-refractivity contribution in [3.8, 4) is 0 Å². The summed E-state index contributed by atoms with van der Waals surface area (Å²) in [6.45, 7) is 2.32. The molecule has 3 nitrogen and oxygen atoms in total. The molecule has 0 aliphatic heterocycles. The molecule has 1 aromatic carbocycles. The molecule has 0 amide bonds. The molecule has 0 N–H and O–H groups in total. The van der Waals surface area contributed by atoms with Crippen molar-refractivity contribution in [3.05, 3.63) is 52.4 Å². The van der Waals surface area contributed by atoms with Crippen LogP contribution in [0.15, 0.2) is 45.5 Å². The highest BCUT2D eigenvalue weighted by Gasteiger charge is 2.31. The van der Waals surface area contributed by atoms with Crippen LogP contribution in [-0.4, -0.2) is 11.8 Å². The van der Waals surface area contributed by atoms with Crippen molar-refractivity contribution in [3.63, 3.8) is 0 Å². The van der Waals surface area contributed by atoms with E-state index in [1.54, 1.807) is 13.2 Å². The Kier molecular flexibility index (Phi) is 3.66. The van der Waals surface area contributed by atoms with Crippen molar-refractivity contribution in [1.82, 2.24) is 0 Å². The average Bonchev–Trinajstić information content (AvgIpc) is 3.12. The van der Waals surface area contributed by atoms with Crippen molar-refractivity contribution in [2.24, 2.45) is 0 Å². The van der Waals surface area contributed by atoms with Gasteiger partial charge in [-0.1, -0.05) is 15.9 Å². The smallest absolute Gasteiger partial charge is 0.161 e. The summed E-state index contributed by atoms with van der Waals surface area (Å²) in [7, 11) is 0. The second kappa shape index (κ2) is 5.44. The number of hydrogen-bond acceptors (Lipinski definition) is 3. The van der Waals surface area contributed by atoms with Crippen molar-refractivity contribution >= 4 is 27.4 Å². The van der Waals surface area contributed by atoms with Gasteiger partial charge in [0.2, 0.25) is 0 Å². The molecule has 1 aromatic heterocycles. The Morgan fingerprint density at radius 2 is 2.20 bits per heavy atom. The van der Waals surface area contributed by atoms with Crippen LogP contribution in [0.4, 0.5) is 5.69 Å². The fourth-order valence-corrected chi connectivity index (χ4v) is 2.76. The summed E-state index contributed by atoms with van der Waals surface area (Å²) in [6, 6.07) is 10.2. The van der Waals surface area contributed by atoms with Crippen molar-refractivity contribution < 1.29 is 9.21 Å². The van der Waals surface area contributed by atoms with E-state index in [1.165, 1.54) is 12.8 Å². The molecule has 2 aromatic rings. The molecule has 1 heterocycles. The summed E-state index contributed by atoms with van der Waals surface area (Å²) >= 11 is 3.50. The Hall–Kier alpha value is -1.55. The summed E-state index contributed by atoms with van der Waals surface area (Å²) in [6.07, 6.45) is 4.03. The van der Waals surface area contributed by atoms with E-state index in [1.807, 2.05) is 30.3 Å². The molecule has 0 atom stereocenters. The predicted octanol–water partition coefficient (Wildman–Crippen LogP) is 4.41. The number of nitrogens with zero attached hydrogens (tertiary/aromatic N) is 1. The molecule has 1 aliphatic carbocycles. The Bertz CT molecular complexity index is 617. The topological polar surface area (TPSA) is 33.5 Å². The highest BCUT2D eigenvalue weighted by molar-refractivity contribution is 9.10. The quantitative estimate of drug-likeness (QED) is 0.759. The van der Waals surface area contributed by atoms with Gasteiger partial charge in [0.05, 0.1) is 12.8 Å². The van der Waals surface area contributed by atoms with Gasteiger partial charge in [0.1, 0.15) is 5.76 Å². The van der Waals surface area contributed by atoms with Gasteiger partial charge in [-0.05, 0) is 50.1 Å². The van der Waals surface area contributed by atoms with Gasteiger partial charge in [-0.2, -0.15) is 0 Å². The summed E-state index contributed by atoms with van der Waals surface area (Å²) in [5, 5.41) is 0. The van der Waals surface area contributed by atoms with Crippen LogP contribution in [0.25, 0.3) is 0 Å². The number of anilines is 1. The van der Waals surface area contributed by atoms with Crippen LogP contribution >= 0.6 is 15.9 Å². The van der Waals surface area contributed by atoms with Crippen LogP contribution in [0.3, 0.4) is 0 Å². The lowest BCUT2D eigenvalue weighted by atomic mass is 10.1. The first-order valence-corrected chi connectivity index (χ1v) is 7.54. The molecule has 1 aliphatic rings. The number of carbonyl (C=O) groups excluding carboxylic acids is 1. The molecule has 0 saturated heterocycles. The van der Waals surface area contributed by atoms with E-state index < -0.39 is 0 Å². The third-order valence-electron chi connectivity index (χ3n) is 3.54. The first-order valence-electron chi connectivity index (χ1n) is 6.74. The van der Waals surface area contributed by atoms with Crippen molar-refractivity contribution in [1.29, 1.82) is 0 Å².